The van der Waals surface area contributed by atoms with Crippen LogP contribution in [0, 0.1) is 0 Å². The minimum atomic E-state index is -0.691. The number of hydrogen-bond donors (Lipinski definition) is 2. The third-order valence-electron chi connectivity index (χ3n) is 8.35. The van der Waals surface area contributed by atoms with E-state index in [9.17, 15) is 19.2 Å². The lowest BCUT2D eigenvalue weighted by Gasteiger charge is -2.04. The first-order valence-electron chi connectivity index (χ1n) is 17.9. The summed E-state index contributed by atoms with van der Waals surface area (Å²) in [6.45, 7) is 0. The van der Waals surface area contributed by atoms with Gasteiger partial charge in [-0.25, -0.2) is 0 Å². The van der Waals surface area contributed by atoms with E-state index in [1.54, 1.807) is 0 Å². The fraction of sp³-hybridized carbons (Fsp3) is 0.889. The minimum absolute atomic E-state index is 0.296. The Morgan fingerprint density at radius 2 is 0.381 bits per heavy atom. The van der Waals surface area contributed by atoms with Gasteiger partial charge in [0.1, 0.15) is 11.6 Å². The molecule has 0 amide bonds. The van der Waals surface area contributed by atoms with Crippen LogP contribution in [0.3, 0.4) is 0 Å². The third kappa shape index (κ3) is 34.5. The van der Waals surface area contributed by atoms with Crippen molar-refractivity contribution < 1.29 is 29.4 Å². The number of hydrogen-bond acceptors (Lipinski definition) is 4. The normalized spacial score (nSPS) is 11.1. The lowest BCUT2D eigenvalue weighted by Crippen LogP contribution is -1.98. The summed E-state index contributed by atoms with van der Waals surface area (Å²) in [4.78, 5) is 45.1. The predicted octanol–water partition coefficient (Wildman–Crippen LogP) is 10.8. The fourth-order valence-corrected chi connectivity index (χ4v) is 5.63. The van der Waals surface area contributed by atoms with Crippen molar-refractivity contribution in [3.8, 4) is 0 Å². The molecule has 42 heavy (non-hydrogen) atoms. The maximum Gasteiger partial charge on any atom is 0.303 e. The molecular weight excluding hydrogens is 528 g/mol. The summed E-state index contributed by atoms with van der Waals surface area (Å²) in [5.74, 6) is -0.522. The Labute approximate surface area is 258 Å². The zero-order valence-electron chi connectivity index (χ0n) is 27.2. The van der Waals surface area contributed by atoms with Crippen molar-refractivity contribution in [1.82, 2.24) is 0 Å². The molecule has 0 bridgehead atoms. The molecule has 6 nitrogen and oxygen atoms in total. The van der Waals surface area contributed by atoms with Crippen molar-refractivity contribution in [3.05, 3.63) is 0 Å². The topological polar surface area (TPSA) is 109 Å². The van der Waals surface area contributed by atoms with Gasteiger partial charge in [-0.3, -0.25) is 19.2 Å². The van der Waals surface area contributed by atoms with Gasteiger partial charge in [0.05, 0.1) is 0 Å². The molecule has 2 N–H and O–H groups in total. The van der Waals surface area contributed by atoms with E-state index in [0.29, 0.717) is 24.4 Å². The van der Waals surface area contributed by atoms with Gasteiger partial charge in [0.25, 0.3) is 0 Å². The monoisotopic (exact) mass is 594 g/mol. The van der Waals surface area contributed by atoms with Crippen molar-refractivity contribution in [2.24, 2.45) is 0 Å². The molecule has 0 aliphatic carbocycles. The summed E-state index contributed by atoms with van der Waals surface area (Å²) in [5.41, 5.74) is 0. The molecule has 246 valence electrons. The van der Waals surface area contributed by atoms with Crippen molar-refractivity contribution in [2.45, 2.75) is 205 Å². The summed E-state index contributed by atoms with van der Waals surface area (Å²) in [7, 11) is 0. The largest absolute Gasteiger partial charge is 0.481 e. The third-order valence-corrected chi connectivity index (χ3v) is 8.35. The number of carbonyl (C=O) groups is 4. The Kier molecular flexibility index (Phi) is 30.9. The van der Waals surface area contributed by atoms with Crippen molar-refractivity contribution in [3.63, 3.8) is 0 Å². The molecule has 0 saturated heterocycles. The molecule has 0 spiro atoms. The number of rotatable bonds is 35. The van der Waals surface area contributed by atoms with E-state index in [1.807, 2.05) is 0 Å². The Balaban J connectivity index is 3.26. The van der Waals surface area contributed by atoms with Crippen LogP contribution in [0.15, 0.2) is 0 Å². The molecule has 0 aromatic rings. The zero-order valence-corrected chi connectivity index (χ0v) is 27.2. The highest BCUT2D eigenvalue weighted by Crippen LogP contribution is 2.15. The highest BCUT2D eigenvalue weighted by molar-refractivity contribution is 5.78. The number of aliphatic carboxylic acids is 2. The molecular formula is C36H66O6. The molecule has 0 atom stereocenters. The molecule has 0 aliphatic heterocycles. The van der Waals surface area contributed by atoms with E-state index in [-0.39, 0.29) is 0 Å². The van der Waals surface area contributed by atoms with Crippen LogP contribution in [-0.2, 0) is 19.2 Å². The molecule has 0 aromatic carbocycles. The van der Waals surface area contributed by atoms with Gasteiger partial charge >= 0.3 is 11.9 Å². The summed E-state index contributed by atoms with van der Waals surface area (Å²) in [5, 5.41) is 17.2. The van der Waals surface area contributed by atoms with E-state index in [2.05, 4.69) is 0 Å². The van der Waals surface area contributed by atoms with E-state index in [4.69, 9.17) is 10.2 Å². The van der Waals surface area contributed by atoms with Crippen LogP contribution in [0.5, 0.6) is 0 Å². The van der Waals surface area contributed by atoms with Crippen molar-refractivity contribution >= 4 is 23.5 Å². The van der Waals surface area contributed by atoms with Crippen LogP contribution in [0.2, 0.25) is 0 Å². The van der Waals surface area contributed by atoms with Crippen molar-refractivity contribution in [1.29, 1.82) is 0 Å². The van der Waals surface area contributed by atoms with E-state index >= 15 is 0 Å². The van der Waals surface area contributed by atoms with Gasteiger partial charge in [-0.15, -0.1) is 0 Å². The van der Waals surface area contributed by atoms with E-state index in [0.717, 1.165) is 116 Å². The summed E-state index contributed by atoms with van der Waals surface area (Å²) in [6, 6.07) is 0. The Hall–Kier alpha value is -1.72. The van der Waals surface area contributed by atoms with E-state index in [1.165, 1.54) is 77.0 Å². The Morgan fingerprint density at radius 1 is 0.238 bits per heavy atom. The summed E-state index contributed by atoms with van der Waals surface area (Å²) < 4.78 is 0. The van der Waals surface area contributed by atoms with Gasteiger partial charge in [-0.05, 0) is 38.5 Å². The SMILES string of the molecule is O=C(O)CCCCCCCCCCCC(=O)CCCCCCCCCCC(=O)CCCCCCCCCCCC(=O)O. The minimum Gasteiger partial charge on any atom is -0.481 e. The Morgan fingerprint density at radius 3 is 0.548 bits per heavy atom. The quantitative estimate of drug-likeness (QED) is 0.0706. The number of carbonyl (C=O) groups excluding carboxylic acids is 2. The summed E-state index contributed by atoms with van der Waals surface area (Å²) >= 11 is 0. The molecule has 0 rings (SSSR count). The molecule has 0 heterocycles. The first-order valence-corrected chi connectivity index (χ1v) is 17.9. The lowest BCUT2D eigenvalue weighted by molar-refractivity contribution is -0.138. The van der Waals surface area contributed by atoms with Crippen LogP contribution in [0.4, 0.5) is 0 Å². The maximum atomic E-state index is 12.1. The van der Waals surface area contributed by atoms with Crippen LogP contribution in [0.1, 0.15) is 205 Å². The van der Waals surface area contributed by atoms with Crippen LogP contribution in [-0.4, -0.2) is 33.7 Å². The average Bonchev–Trinajstić information content (AvgIpc) is 2.95. The molecule has 0 aromatic heterocycles. The Bertz CT molecular complexity index is 603. The van der Waals surface area contributed by atoms with Gasteiger partial charge < -0.3 is 10.2 Å². The molecule has 0 aliphatic rings. The maximum absolute atomic E-state index is 12.1. The fourth-order valence-electron chi connectivity index (χ4n) is 5.63. The molecule has 0 fully saturated rings. The van der Waals surface area contributed by atoms with Gasteiger partial charge in [-0.1, -0.05) is 128 Å². The van der Waals surface area contributed by atoms with E-state index < -0.39 is 11.9 Å². The second-order valence-electron chi connectivity index (χ2n) is 12.6. The first-order chi connectivity index (χ1) is 20.4. The van der Waals surface area contributed by atoms with Gasteiger partial charge in [-0.2, -0.15) is 0 Å². The van der Waals surface area contributed by atoms with Crippen LogP contribution < -0.4 is 0 Å². The molecule has 6 heteroatoms. The first kappa shape index (κ1) is 40.3. The van der Waals surface area contributed by atoms with Crippen LogP contribution >= 0.6 is 0 Å². The lowest BCUT2D eigenvalue weighted by atomic mass is 10.0. The number of carboxylic acids is 2. The number of unbranched alkanes of at least 4 members (excludes halogenated alkanes) is 23. The second-order valence-corrected chi connectivity index (χ2v) is 12.6. The second kappa shape index (κ2) is 32.2. The smallest absolute Gasteiger partial charge is 0.303 e. The average molecular weight is 595 g/mol. The highest BCUT2D eigenvalue weighted by atomic mass is 16.4. The molecule has 0 saturated carbocycles. The molecule has 0 unspecified atom stereocenters. The standard InChI is InChI=1S/C36H66O6/c37-33(27-21-15-9-3-1-5-13-19-25-31-35(39)40)29-23-17-11-7-8-12-18-24-30-34(38)28-22-16-10-4-2-6-14-20-26-32-36(41)42/h1-32H2,(H,39,40)(H,41,42). The predicted molar refractivity (Wildman–Crippen MR) is 173 cm³/mol. The van der Waals surface area contributed by atoms with Gasteiger partial charge in [0.15, 0.2) is 0 Å². The van der Waals surface area contributed by atoms with Gasteiger partial charge in [0, 0.05) is 38.5 Å². The summed E-state index contributed by atoms with van der Waals surface area (Å²) in [6.07, 6.45) is 32.8. The number of Topliss-reactive ketones (excluding diaryl/α,β-unsaturated/α-hetero) is 2. The van der Waals surface area contributed by atoms with Crippen molar-refractivity contribution in [2.75, 3.05) is 0 Å². The van der Waals surface area contributed by atoms with Crippen LogP contribution in [0.25, 0.3) is 0 Å². The molecule has 0 radical (unpaired) electrons. The number of ketones is 2. The number of carboxylic acid groups (broad SMARTS) is 2. The highest BCUT2D eigenvalue weighted by Gasteiger charge is 2.04. The van der Waals surface area contributed by atoms with Gasteiger partial charge in [0.2, 0.25) is 0 Å². The zero-order chi connectivity index (χ0) is 30.9.